The SMILES string of the molecule is S=C(Nc1ccccc1)Nc1ccccc1SC(/C=C/NNc1nnc(-c2ccccc2)c(-c2ccccc2)n1)c1ccccc1. The van der Waals surface area contributed by atoms with Crippen LogP contribution in [0.5, 0.6) is 0 Å². The standard InChI is InChI=1S/C37H31N7S2/c45-37(39-30-21-11-4-12-22-30)40-31-23-13-14-24-33(31)46-32(27-15-5-1-6-16-27)25-26-38-43-36-41-34(28-17-7-2-8-18-28)35(42-44-36)29-19-9-3-10-20-29/h1-26,32,38H,(H2,39,40,45)(H,41,43,44)/b26-25+. The zero-order chi connectivity index (χ0) is 31.4. The van der Waals surface area contributed by atoms with Crippen molar-refractivity contribution in [3.05, 3.63) is 163 Å². The molecule has 0 saturated heterocycles. The second-order valence-corrected chi connectivity index (χ2v) is 11.7. The van der Waals surface area contributed by atoms with E-state index in [1.165, 1.54) is 0 Å². The molecule has 7 nitrogen and oxygen atoms in total. The van der Waals surface area contributed by atoms with Crippen molar-refractivity contribution in [1.82, 2.24) is 20.6 Å². The van der Waals surface area contributed by atoms with E-state index in [1.54, 1.807) is 11.8 Å². The van der Waals surface area contributed by atoms with Crippen LogP contribution in [-0.2, 0) is 0 Å². The Hall–Kier alpha value is -5.51. The number of hydrogen-bond donors (Lipinski definition) is 4. The van der Waals surface area contributed by atoms with Crippen LogP contribution in [0.3, 0.4) is 0 Å². The monoisotopic (exact) mass is 637 g/mol. The smallest absolute Gasteiger partial charge is 0.261 e. The minimum Gasteiger partial charge on any atom is -0.332 e. The Labute approximate surface area is 278 Å². The fourth-order valence-corrected chi connectivity index (χ4v) is 6.04. The van der Waals surface area contributed by atoms with Crippen LogP contribution in [0.15, 0.2) is 163 Å². The number of nitrogens with one attached hydrogen (secondary N) is 4. The molecule has 0 radical (unpaired) electrons. The highest BCUT2D eigenvalue weighted by molar-refractivity contribution is 7.99. The number of nitrogens with zero attached hydrogens (tertiary/aromatic N) is 3. The first-order valence-corrected chi connectivity index (χ1v) is 16.0. The van der Waals surface area contributed by atoms with Gasteiger partial charge in [0.15, 0.2) is 5.11 Å². The van der Waals surface area contributed by atoms with Crippen LogP contribution in [-0.4, -0.2) is 20.3 Å². The molecule has 1 atom stereocenters. The summed E-state index contributed by atoms with van der Waals surface area (Å²) in [5, 5.41) is 16.0. The van der Waals surface area contributed by atoms with Crippen molar-refractivity contribution in [3.63, 3.8) is 0 Å². The maximum atomic E-state index is 5.61. The van der Waals surface area contributed by atoms with E-state index in [4.69, 9.17) is 17.2 Å². The van der Waals surface area contributed by atoms with Crippen molar-refractivity contribution in [1.29, 1.82) is 0 Å². The Kier molecular flexibility index (Phi) is 10.3. The molecule has 9 heteroatoms. The fourth-order valence-electron chi connectivity index (χ4n) is 4.69. The van der Waals surface area contributed by atoms with E-state index in [9.17, 15) is 0 Å². The summed E-state index contributed by atoms with van der Waals surface area (Å²) in [5.74, 6) is 0.362. The molecule has 0 aliphatic carbocycles. The maximum absolute atomic E-state index is 5.61. The van der Waals surface area contributed by atoms with E-state index in [2.05, 4.69) is 56.0 Å². The highest BCUT2D eigenvalue weighted by Gasteiger charge is 2.15. The van der Waals surface area contributed by atoms with E-state index in [1.807, 2.05) is 134 Å². The van der Waals surface area contributed by atoms with Crippen molar-refractivity contribution in [2.24, 2.45) is 0 Å². The lowest BCUT2D eigenvalue weighted by Crippen LogP contribution is -2.19. The zero-order valence-electron chi connectivity index (χ0n) is 24.7. The van der Waals surface area contributed by atoms with Crippen LogP contribution < -0.4 is 21.5 Å². The quantitative estimate of drug-likeness (QED) is 0.0632. The molecule has 0 bridgehead atoms. The number of thioether (sulfide) groups is 1. The average molecular weight is 638 g/mol. The van der Waals surface area contributed by atoms with Crippen molar-refractivity contribution in [2.45, 2.75) is 10.1 Å². The van der Waals surface area contributed by atoms with Gasteiger partial charge in [0.25, 0.3) is 5.95 Å². The van der Waals surface area contributed by atoms with Gasteiger partial charge in [0.2, 0.25) is 0 Å². The number of hydrogen-bond acceptors (Lipinski definition) is 7. The largest absolute Gasteiger partial charge is 0.332 e. The molecule has 0 spiro atoms. The highest BCUT2D eigenvalue weighted by Crippen LogP contribution is 2.40. The number of para-hydroxylation sites is 2. The van der Waals surface area contributed by atoms with E-state index in [0.29, 0.717) is 11.1 Å². The van der Waals surface area contributed by atoms with Crippen molar-refractivity contribution >= 4 is 46.4 Å². The molecule has 0 fully saturated rings. The molecule has 0 saturated carbocycles. The summed E-state index contributed by atoms with van der Waals surface area (Å²) in [6, 6.07) is 48.3. The van der Waals surface area contributed by atoms with Gasteiger partial charge in [-0.25, -0.2) is 4.98 Å². The van der Waals surface area contributed by atoms with E-state index < -0.39 is 0 Å². The van der Waals surface area contributed by atoms with Crippen molar-refractivity contribution in [2.75, 3.05) is 16.1 Å². The molecule has 0 aliphatic rings. The third-order valence-electron chi connectivity index (χ3n) is 6.87. The molecule has 5 aromatic carbocycles. The van der Waals surface area contributed by atoms with Gasteiger partial charge in [-0.1, -0.05) is 121 Å². The molecule has 1 heterocycles. The molecule has 4 N–H and O–H groups in total. The fraction of sp³-hybridized carbons (Fsp3) is 0.0270. The maximum Gasteiger partial charge on any atom is 0.261 e. The summed E-state index contributed by atoms with van der Waals surface area (Å²) in [6.45, 7) is 0. The molecule has 6 aromatic rings. The van der Waals surface area contributed by atoms with Crippen LogP contribution in [0.1, 0.15) is 10.8 Å². The molecule has 0 amide bonds. The molecule has 6 rings (SSSR count). The van der Waals surface area contributed by atoms with Gasteiger partial charge in [-0.2, -0.15) is 0 Å². The van der Waals surface area contributed by atoms with Crippen LogP contribution in [0, 0.1) is 0 Å². The van der Waals surface area contributed by atoms with Gasteiger partial charge in [0.1, 0.15) is 11.4 Å². The summed E-state index contributed by atoms with van der Waals surface area (Å²) < 4.78 is 0. The Balaban J connectivity index is 1.18. The number of benzene rings is 5. The van der Waals surface area contributed by atoms with Gasteiger partial charge < -0.3 is 16.1 Å². The summed E-state index contributed by atoms with van der Waals surface area (Å²) in [6.07, 6.45) is 3.95. The van der Waals surface area contributed by atoms with Gasteiger partial charge in [-0.15, -0.1) is 22.0 Å². The first kappa shape index (κ1) is 30.5. The minimum atomic E-state index is -0.00603. The van der Waals surface area contributed by atoms with Crippen molar-refractivity contribution < 1.29 is 0 Å². The van der Waals surface area contributed by atoms with Gasteiger partial charge in [-0.05, 0) is 48.1 Å². The second kappa shape index (κ2) is 15.5. The molecular weight excluding hydrogens is 607 g/mol. The van der Waals surface area contributed by atoms with Crippen molar-refractivity contribution in [3.8, 4) is 22.5 Å². The minimum absolute atomic E-state index is 0.00603. The molecule has 0 aliphatic heterocycles. The predicted molar refractivity (Wildman–Crippen MR) is 194 cm³/mol. The number of aromatic nitrogens is 3. The van der Waals surface area contributed by atoms with E-state index in [0.717, 1.165) is 44.3 Å². The third-order valence-corrected chi connectivity index (χ3v) is 8.37. The topological polar surface area (TPSA) is 86.8 Å². The predicted octanol–water partition coefficient (Wildman–Crippen LogP) is 8.98. The lowest BCUT2D eigenvalue weighted by Gasteiger charge is -2.18. The van der Waals surface area contributed by atoms with Gasteiger partial charge in [0.05, 0.1) is 10.9 Å². The Morgan fingerprint density at radius 3 is 1.91 bits per heavy atom. The van der Waals surface area contributed by atoms with Gasteiger partial charge in [-0.3, -0.25) is 5.43 Å². The van der Waals surface area contributed by atoms with Gasteiger partial charge >= 0.3 is 0 Å². The number of thiocarbonyl (C=S) groups is 1. The van der Waals surface area contributed by atoms with Crippen LogP contribution in [0.2, 0.25) is 0 Å². The van der Waals surface area contributed by atoms with Crippen LogP contribution in [0.4, 0.5) is 17.3 Å². The lowest BCUT2D eigenvalue weighted by atomic mass is 10.0. The van der Waals surface area contributed by atoms with Crippen LogP contribution >= 0.6 is 24.0 Å². The Bertz CT molecular complexity index is 1890. The summed E-state index contributed by atoms with van der Waals surface area (Å²) >= 11 is 7.33. The second-order valence-electron chi connectivity index (χ2n) is 10.1. The normalized spacial score (nSPS) is 11.5. The summed E-state index contributed by atoms with van der Waals surface area (Å²) in [4.78, 5) is 5.88. The number of anilines is 3. The molecule has 1 unspecified atom stereocenters. The molecule has 226 valence electrons. The van der Waals surface area contributed by atoms with E-state index >= 15 is 0 Å². The zero-order valence-corrected chi connectivity index (χ0v) is 26.4. The van der Waals surface area contributed by atoms with Gasteiger partial charge in [0, 0.05) is 27.9 Å². The third kappa shape index (κ3) is 8.15. The summed E-state index contributed by atoms with van der Waals surface area (Å²) in [5.41, 5.74) is 12.6. The highest BCUT2D eigenvalue weighted by atomic mass is 32.2. The number of hydrazine groups is 1. The first-order chi connectivity index (χ1) is 22.7. The molecule has 46 heavy (non-hydrogen) atoms. The first-order valence-electron chi connectivity index (χ1n) is 14.7. The lowest BCUT2D eigenvalue weighted by molar-refractivity contribution is 0.922. The summed E-state index contributed by atoms with van der Waals surface area (Å²) in [7, 11) is 0. The van der Waals surface area contributed by atoms with Crippen LogP contribution in [0.25, 0.3) is 22.5 Å². The van der Waals surface area contributed by atoms with E-state index in [-0.39, 0.29) is 5.25 Å². The molecule has 1 aromatic heterocycles. The average Bonchev–Trinajstić information content (AvgIpc) is 3.12. The number of rotatable bonds is 11. The Morgan fingerprint density at radius 2 is 1.22 bits per heavy atom. The Morgan fingerprint density at radius 1 is 0.630 bits per heavy atom. The molecular formula is C37H31N7S2.